The van der Waals surface area contributed by atoms with E-state index in [9.17, 15) is 3.83 Å². The van der Waals surface area contributed by atoms with Crippen LogP contribution in [0.25, 0.3) is 0 Å². The summed E-state index contributed by atoms with van der Waals surface area (Å²) in [6.45, 7) is 0. The fourth-order valence-corrected chi connectivity index (χ4v) is 2.34. The molecule has 0 saturated heterocycles. The molecule has 0 amide bonds. The third-order valence-electron chi connectivity index (χ3n) is 1.38. The van der Waals surface area contributed by atoms with Crippen molar-refractivity contribution in [2.45, 2.75) is 5.82 Å². The van der Waals surface area contributed by atoms with Gasteiger partial charge in [-0.3, -0.25) is 0 Å². The summed E-state index contributed by atoms with van der Waals surface area (Å²) >= 11 is -1.84. The van der Waals surface area contributed by atoms with Gasteiger partial charge in [0, 0.05) is 0 Å². The fourth-order valence-electron chi connectivity index (χ4n) is 0.856. The van der Waals surface area contributed by atoms with Crippen LogP contribution in [-0.2, 0) is 3.83 Å². The van der Waals surface area contributed by atoms with E-state index in [0.717, 1.165) is 10.2 Å². The van der Waals surface area contributed by atoms with Crippen LogP contribution >= 0.6 is 0 Å². The first-order valence-electron chi connectivity index (χ1n) is 3.22. The predicted octanol–water partition coefficient (Wildman–Crippen LogP) is 0.954. The van der Waals surface area contributed by atoms with Crippen molar-refractivity contribution in [2.75, 3.05) is 7.11 Å². The number of methoxy groups -OCH3 is 1. The van der Waals surface area contributed by atoms with Crippen LogP contribution < -0.4 is 9.20 Å². The minimum atomic E-state index is -1.84. The molecular weight excluding hydrogens is 207 g/mol. The van der Waals surface area contributed by atoms with E-state index in [0.29, 0.717) is 0 Å². The van der Waals surface area contributed by atoms with E-state index in [4.69, 9.17) is 4.74 Å². The van der Waals surface area contributed by atoms with Crippen molar-refractivity contribution in [3.8, 4) is 5.75 Å². The zero-order chi connectivity index (χ0) is 8.27. The van der Waals surface area contributed by atoms with E-state index < -0.39 is 13.8 Å². The molecule has 1 unspecified atom stereocenters. The topological polar surface area (TPSA) is 26.3 Å². The van der Waals surface area contributed by atoms with Crippen molar-refractivity contribution in [3.05, 3.63) is 24.3 Å². The Morgan fingerprint density at radius 2 is 2.00 bits per heavy atom. The molecule has 0 aliphatic carbocycles. The van der Waals surface area contributed by atoms with Gasteiger partial charge in [0.2, 0.25) is 0 Å². The molecule has 2 nitrogen and oxygen atoms in total. The summed E-state index contributed by atoms with van der Waals surface area (Å²) in [4.78, 5) is 0. The Kier molecular flexibility index (Phi) is 2.80. The van der Waals surface area contributed by atoms with E-state index in [1.165, 1.54) is 0 Å². The molecule has 3 heteroatoms. The Morgan fingerprint density at radius 3 is 2.45 bits per heavy atom. The van der Waals surface area contributed by atoms with E-state index in [1.54, 1.807) is 12.9 Å². The summed E-state index contributed by atoms with van der Waals surface area (Å²) in [7, 11) is 1.59. The average Bonchev–Trinajstić information content (AvgIpc) is 2.04. The Hall–Kier alpha value is -0.661. The Bertz CT molecular complexity index is 271. The molecule has 0 N–H and O–H groups in total. The first-order valence-corrected chi connectivity index (χ1v) is 6.49. The Labute approximate surface area is 70.3 Å². The van der Waals surface area contributed by atoms with Crippen molar-refractivity contribution >= 4 is 18.3 Å². The second-order valence-electron chi connectivity index (χ2n) is 2.10. The fraction of sp³-hybridized carbons (Fsp3) is 0.250. The molecule has 60 valence electrons. The molecule has 0 aromatic heterocycles. The number of para-hydroxylation sites is 1. The summed E-state index contributed by atoms with van der Waals surface area (Å²) in [6, 6.07) is 7.41. The molecule has 0 aliphatic heterocycles. The van der Waals surface area contributed by atoms with Gasteiger partial charge in [-0.05, 0) is 0 Å². The van der Waals surface area contributed by atoms with Crippen molar-refractivity contribution in [3.63, 3.8) is 0 Å². The van der Waals surface area contributed by atoms with Gasteiger partial charge in [-0.25, -0.2) is 0 Å². The van der Waals surface area contributed by atoms with E-state index in [-0.39, 0.29) is 0 Å². The minimum absolute atomic E-state index is 0.731. The molecule has 1 aromatic rings. The maximum atomic E-state index is 11.2. The zero-order valence-electron chi connectivity index (χ0n) is 6.53. The first kappa shape index (κ1) is 8.44. The Morgan fingerprint density at radius 1 is 1.36 bits per heavy atom. The standard InChI is InChI=1S/C8H10O2Se/c1-10-7-5-3-4-6-8(7)11(2)9/h3-6H,1-2H3. The predicted molar refractivity (Wildman–Crippen MR) is 44.9 cm³/mol. The molecule has 0 saturated carbocycles. The molecule has 1 aromatic carbocycles. The summed E-state index contributed by atoms with van der Waals surface area (Å²) < 4.78 is 17.0. The molecular formula is C8H10O2Se. The second-order valence-corrected chi connectivity index (χ2v) is 4.93. The summed E-state index contributed by atoms with van der Waals surface area (Å²) in [5, 5.41) is 0. The molecule has 11 heavy (non-hydrogen) atoms. The van der Waals surface area contributed by atoms with Gasteiger partial charge >= 0.3 is 69.8 Å². The third-order valence-corrected chi connectivity index (χ3v) is 3.39. The van der Waals surface area contributed by atoms with Gasteiger partial charge in [-0.2, -0.15) is 0 Å². The van der Waals surface area contributed by atoms with E-state index in [2.05, 4.69) is 0 Å². The summed E-state index contributed by atoms with van der Waals surface area (Å²) in [6.07, 6.45) is 0. The van der Waals surface area contributed by atoms with Crippen LogP contribution in [-0.4, -0.2) is 20.9 Å². The van der Waals surface area contributed by atoms with Gasteiger partial charge in [0.25, 0.3) is 0 Å². The molecule has 1 atom stereocenters. The van der Waals surface area contributed by atoms with Gasteiger partial charge in [0.1, 0.15) is 0 Å². The first-order chi connectivity index (χ1) is 5.25. The van der Waals surface area contributed by atoms with Crippen LogP contribution in [0.15, 0.2) is 24.3 Å². The molecule has 0 fully saturated rings. The van der Waals surface area contributed by atoms with E-state index >= 15 is 0 Å². The number of hydrogen-bond acceptors (Lipinski definition) is 2. The molecule has 0 spiro atoms. The molecule has 0 radical (unpaired) electrons. The number of hydrogen-bond donors (Lipinski definition) is 0. The third kappa shape index (κ3) is 1.88. The van der Waals surface area contributed by atoms with Crippen LogP contribution in [0.3, 0.4) is 0 Å². The molecule has 0 bridgehead atoms. The van der Waals surface area contributed by atoms with Crippen LogP contribution in [0, 0.1) is 0 Å². The summed E-state index contributed by atoms with van der Waals surface area (Å²) in [5.74, 6) is 2.47. The molecule has 0 aliphatic rings. The van der Waals surface area contributed by atoms with Crippen LogP contribution in [0.2, 0.25) is 5.82 Å². The van der Waals surface area contributed by atoms with Gasteiger partial charge in [0.05, 0.1) is 0 Å². The normalized spacial score (nSPS) is 12.5. The van der Waals surface area contributed by atoms with Crippen molar-refractivity contribution in [2.24, 2.45) is 0 Å². The average molecular weight is 217 g/mol. The van der Waals surface area contributed by atoms with Gasteiger partial charge in [0.15, 0.2) is 0 Å². The number of benzene rings is 1. The monoisotopic (exact) mass is 218 g/mol. The molecule has 0 heterocycles. The quantitative estimate of drug-likeness (QED) is 0.689. The SMILES string of the molecule is COc1ccccc1[Se](C)=O. The summed E-state index contributed by atoms with van der Waals surface area (Å²) in [5.41, 5.74) is 0. The van der Waals surface area contributed by atoms with Crippen molar-refractivity contribution in [1.29, 1.82) is 0 Å². The van der Waals surface area contributed by atoms with Crippen molar-refractivity contribution in [1.82, 2.24) is 0 Å². The van der Waals surface area contributed by atoms with Crippen molar-refractivity contribution < 1.29 is 8.57 Å². The molecule has 1 rings (SSSR count). The zero-order valence-corrected chi connectivity index (χ0v) is 8.25. The second kappa shape index (κ2) is 3.65. The van der Waals surface area contributed by atoms with Crippen LogP contribution in [0.5, 0.6) is 5.75 Å². The van der Waals surface area contributed by atoms with Crippen LogP contribution in [0.4, 0.5) is 0 Å². The van der Waals surface area contributed by atoms with Gasteiger partial charge in [-0.15, -0.1) is 0 Å². The maximum absolute atomic E-state index is 11.2. The number of ether oxygens (including phenoxy) is 1. The van der Waals surface area contributed by atoms with E-state index in [1.807, 2.05) is 24.3 Å². The van der Waals surface area contributed by atoms with Crippen LogP contribution in [0.1, 0.15) is 0 Å². The Balaban J connectivity index is 3.12. The van der Waals surface area contributed by atoms with Gasteiger partial charge in [-0.1, -0.05) is 0 Å². The number of rotatable bonds is 2. The van der Waals surface area contributed by atoms with Gasteiger partial charge < -0.3 is 0 Å².